The van der Waals surface area contributed by atoms with Crippen LogP contribution in [0.5, 0.6) is 0 Å². The predicted octanol–water partition coefficient (Wildman–Crippen LogP) is 3.22. The maximum absolute atomic E-state index is 5.34. The lowest BCUT2D eigenvalue weighted by Crippen LogP contribution is -2.28. The highest BCUT2D eigenvalue weighted by Crippen LogP contribution is 2.12. The van der Waals surface area contributed by atoms with Crippen molar-refractivity contribution in [3.05, 3.63) is 0 Å². The van der Waals surface area contributed by atoms with E-state index in [4.69, 9.17) is 4.74 Å². The Kier molecular flexibility index (Phi) is 10.4. The lowest BCUT2D eigenvalue weighted by atomic mass is 9.98. The van der Waals surface area contributed by atoms with Crippen LogP contribution < -0.4 is 5.32 Å². The van der Waals surface area contributed by atoms with Crippen LogP contribution in [0.4, 0.5) is 0 Å². The van der Waals surface area contributed by atoms with E-state index in [2.05, 4.69) is 33.0 Å². The number of ether oxygens (including phenoxy) is 1. The van der Waals surface area contributed by atoms with Crippen LogP contribution in [0.25, 0.3) is 0 Å². The minimum absolute atomic E-state index is 0.659. The standard InChI is InChI=1S/C13H29NO/c1-5-9-14-13(4)11-12(3)8-7-10-15-6-2/h12-14H,5-11H2,1-4H3. The molecule has 0 heterocycles. The van der Waals surface area contributed by atoms with E-state index in [0.29, 0.717) is 6.04 Å². The zero-order valence-electron chi connectivity index (χ0n) is 11.0. The highest BCUT2D eigenvalue weighted by molar-refractivity contribution is 4.64. The molecule has 2 nitrogen and oxygen atoms in total. The molecule has 0 saturated carbocycles. The Balaban J connectivity index is 3.33. The molecule has 0 aromatic rings. The topological polar surface area (TPSA) is 21.3 Å². The first-order chi connectivity index (χ1) is 7.20. The van der Waals surface area contributed by atoms with Crippen LogP contribution in [0.1, 0.15) is 53.4 Å². The maximum atomic E-state index is 5.34. The van der Waals surface area contributed by atoms with E-state index in [-0.39, 0.29) is 0 Å². The van der Waals surface area contributed by atoms with Gasteiger partial charge in [-0.1, -0.05) is 13.8 Å². The third-order valence-electron chi connectivity index (χ3n) is 2.69. The Bertz CT molecular complexity index is 128. The number of hydrogen-bond donors (Lipinski definition) is 1. The molecule has 92 valence electrons. The second kappa shape index (κ2) is 10.4. The van der Waals surface area contributed by atoms with Crippen LogP contribution in [0, 0.1) is 5.92 Å². The largest absolute Gasteiger partial charge is 0.382 e. The summed E-state index contributed by atoms with van der Waals surface area (Å²) in [5.74, 6) is 0.810. The normalized spacial score (nSPS) is 15.2. The molecule has 15 heavy (non-hydrogen) atoms. The van der Waals surface area contributed by atoms with Crippen molar-refractivity contribution in [2.24, 2.45) is 5.92 Å². The van der Waals surface area contributed by atoms with Crippen molar-refractivity contribution >= 4 is 0 Å². The van der Waals surface area contributed by atoms with Crippen molar-refractivity contribution < 1.29 is 4.74 Å². The van der Waals surface area contributed by atoms with Crippen molar-refractivity contribution in [2.75, 3.05) is 19.8 Å². The summed E-state index contributed by atoms with van der Waals surface area (Å²) >= 11 is 0. The Labute approximate surface area is 95.8 Å². The van der Waals surface area contributed by atoms with E-state index in [1.54, 1.807) is 0 Å². The highest BCUT2D eigenvalue weighted by atomic mass is 16.5. The molecule has 2 atom stereocenters. The second-order valence-corrected chi connectivity index (χ2v) is 4.54. The van der Waals surface area contributed by atoms with Crippen LogP contribution in [0.2, 0.25) is 0 Å². The van der Waals surface area contributed by atoms with E-state index < -0.39 is 0 Å². The van der Waals surface area contributed by atoms with Crippen molar-refractivity contribution in [3.8, 4) is 0 Å². The number of rotatable bonds is 10. The molecule has 2 heteroatoms. The molecule has 0 rings (SSSR count). The van der Waals surface area contributed by atoms with Crippen molar-refractivity contribution in [1.82, 2.24) is 5.32 Å². The zero-order valence-corrected chi connectivity index (χ0v) is 11.0. The second-order valence-electron chi connectivity index (χ2n) is 4.54. The van der Waals surface area contributed by atoms with Crippen LogP contribution >= 0.6 is 0 Å². The molecule has 1 N–H and O–H groups in total. The molecule has 0 aliphatic carbocycles. The van der Waals surface area contributed by atoms with E-state index in [9.17, 15) is 0 Å². The molecule has 2 unspecified atom stereocenters. The van der Waals surface area contributed by atoms with Crippen LogP contribution in [0.15, 0.2) is 0 Å². The summed E-state index contributed by atoms with van der Waals surface area (Å²) in [6.07, 6.45) is 5.00. The Morgan fingerprint density at radius 1 is 1.20 bits per heavy atom. The van der Waals surface area contributed by atoms with Gasteiger partial charge in [-0.15, -0.1) is 0 Å². The molecule has 0 aromatic heterocycles. The van der Waals surface area contributed by atoms with Gasteiger partial charge in [0.15, 0.2) is 0 Å². The number of hydrogen-bond acceptors (Lipinski definition) is 2. The summed E-state index contributed by atoms with van der Waals surface area (Å²) < 4.78 is 5.34. The van der Waals surface area contributed by atoms with Gasteiger partial charge >= 0.3 is 0 Å². The van der Waals surface area contributed by atoms with Gasteiger partial charge < -0.3 is 10.1 Å². The fourth-order valence-electron chi connectivity index (χ4n) is 1.87. The summed E-state index contributed by atoms with van der Waals surface area (Å²) in [5, 5.41) is 3.53. The summed E-state index contributed by atoms with van der Waals surface area (Å²) in [5.41, 5.74) is 0. The first-order valence-electron chi connectivity index (χ1n) is 6.51. The minimum Gasteiger partial charge on any atom is -0.382 e. The molecule has 0 amide bonds. The van der Waals surface area contributed by atoms with Gasteiger partial charge in [0.25, 0.3) is 0 Å². The number of nitrogens with one attached hydrogen (secondary N) is 1. The molecule has 0 fully saturated rings. The molecule has 0 radical (unpaired) electrons. The average molecular weight is 215 g/mol. The van der Waals surface area contributed by atoms with Crippen LogP contribution in [-0.4, -0.2) is 25.8 Å². The lowest BCUT2D eigenvalue weighted by molar-refractivity contribution is 0.139. The van der Waals surface area contributed by atoms with Crippen molar-refractivity contribution in [2.45, 2.75) is 59.4 Å². The Morgan fingerprint density at radius 3 is 2.53 bits per heavy atom. The molecule has 0 spiro atoms. The van der Waals surface area contributed by atoms with Gasteiger partial charge in [-0.05, 0) is 52.0 Å². The van der Waals surface area contributed by atoms with E-state index >= 15 is 0 Å². The van der Waals surface area contributed by atoms with Crippen molar-refractivity contribution in [1.29, 1.82) is 0 Å². The minimum atomic E-state index is 0.659. The van der Waals surface area contributed by atoms with E-state index in [1.165, 1.54) is 25.7 Å². The van der Waals surface area contributed by atoms with Gasteiger partial charge in [0.2, 0.25) is 0 Å². The molecular formula is C13H29NO. The molecule has 0 saturated heterocycles. The predicted molar refractivity (Wildman–Crippen MR) is 67.3 cm³/mol. The van der Waals surface area contributed by atoms with Gasteiger partial charge in [-0.3, -0.25) is 0 Å². The van der Waals surface area contributed by atoms with Gasteiger partial charge in [-0.25, -0.2) is 0 Å². The smallest absolute Gasteiger partial charge is 0.0465 e. The third-order valence-corrected chi connectivity index (χ3v) is 2.69. The summed E-state index contributed by atoms with van der Waals surface area (Å²) in [7, 11) is 0. The van der Waals surface area contributed by atoms with Crippen LogP contribution in [0.3, 0.4) is 0 Å². The van der Waals surface area contributed by atoms with E-state index in [0.717, 1.165) is 25.7 Å². The average Bonchev–Trinajstić information content (AvgIpc) is 2.21. The van der Waals surface area contributed by atoms with Gasteiger partial charge in [0, 0.05) is 19.3 Å². The lowest BCUT2D eigenvalue weighted by Gasteiger charge is -2.18. The summed E-state index contributed by atoms with van der Waals surface area (Å²) in [6, 6.07) is 0.659. The third kappa shape index (κ3) is 10.2. The monoisotopic (exact) mass is 215 g/mol. The van der Waals surface area contributed by atoms with Crippen LogP contribution in [-0.2, 0) is 4.74 Å². The molecule has 0 aliphatic rings. The molecule has 0 aromatic carbocycles. The summed E-state index contributed by atoms with van der Waals surface area (Å²) in [4.78, 5) is 0. The molecule has 0 aliphatic heterocycles. The zero-order chi connectivity index (χ0) is 11.5. The first-order valence-corrected chi connectivity index (χ1v) is 6.51. The van der Waals surface area contributed by atoms with Gasteiger partial charge in [0.1, 0.15) is 0 Å². The van der Waals surface area contributed by atoms with E-state index in [1.807, 2.05) is 0 Å². The molecule has 0 bridgehead atoms. The molecular weight excluding hydrogens is 186 g/mol. The maximum Gasteiger partial charge on any atom is 0.0465 e. The summed E-state index contributed by atoms with van der Waals surface area (Å²) in [6.45, 7) is 11.8. The fraction of sp³-hybridized carbons (Fsp3) is 1.00. The Morgan fingerprint density at radius 2 is 1.93 bits per heavy atom. The van der Waals surface area contributed by atoms with Gasteiger partial charge in [0.05, 0.1) is 0 Å². The van der Waals surface area contributed by atoms with Crippen molar-refractivity contribution in [3.63, 3.8) is 0 Å². The Hall–Kier alpha value is -0.0800. The fourth-order valence-corrected chi connectivity index (χ4v) is 1.87. The van der Waals surface area contributed by atoms with Gasteiger partial charge in [-0.2, -0.15) is 0 Å². The SMILES string of the molecule is CCCNC(C)CC(C)CCCOCC. The first kappa shape index (κ1) is 14.9. The highest BCUT2D eigenvalue weighted by Gasteiger charge is 2.07. The quantitative estimate of drug-likeness (QED) is 0.565.